The van der Waals surface area contributed by atoms with Crippen molar-refractivity contribution in [1.82, 2.24) is 10.0 Å². The van der Waals surface area contributed by atoms with Gasteiger partial charge in [0.15, 0.2) is 0 Å². The first-order chi connectivity index (χ1) is 17.1. The summed E-state index contributed by atoms with van der Waals surface area (Å²) in [5, 5.41) is 12.6. The zero-order valence-electron chi connectivity index (χ0n) is 20.1. The fourth-order valence-electron chi connectivity index (χ4n) is 3.73. The van der Waals surface area contributed by atoms with Gasteiger partial charge in [-0.15, -0.1) is 6.58 Å². The Morgan fingerprint density at radius 1 is 1.06 bits per heavy atom. The van der Waals surface area contributed by atoms with Gasteiger partial charge in [0.1, 0.15) is 11.8 Å². The monoisotopic (exact) mass is 507 g/mol. The number of nitrogens with zero attached hydrogens (tertiary/aromatic N) is 1. The van der Waals surface area contributed by atoms with E-state index in [1.54, 1.807) is 50.4 Å². The number of hydrogen-bond donors (Lipinski definition) is 3. The second kappa shape index (κ2) is 11.5. The molecule has 0 spiro atoms. The van der Waals surface area contributed by atoms with E-state index in [1.165, 1.54) is 17.0 Å². The Kier molecular flexibility index (Phi) is 8.50. The molecule has 0 aliphatic rings. The first kappa shape index (κ1) is 26.5. The number of phenolic OH excluding ortho intramolecular Hbond substituents is 1. The van der Waals surface area contributed by atoms with Gasteiger partial charge in [0.05, 0.1) is 4.90 Å². The first-order valence-corrected chi connectivity index (χ1v) is 12.7. The molecule has 0 heterocycles. The van der Waals surface area contributed by atoms with Crippen LogP contribution in [0.5, 0.6) is 5.75 Å². The molecule has 3 aromatic carbocycles. The van der Waals surface area contributed by atoms with E-state index in [0.29, 0.717) is 23.2 Å². The van der Waals surface area contributed by atoms with Crippen LogP contribution in [-0.2, 0) is 27.7 Å². The van der Waals surface area contributed by atoms with Crippen LogP contribution in [0.4, 0.5) is 10.5 Å². The maximum absolute atomic E-state index is 13.5. The van der Waals surface area contributed by atoms with E-state index in [2.05, 4.69) is 11.9 Å². The van der Waals surface area contributed by atoms with Gasteiger partial charge in [0.25, 0.3) is 10.0 Å². The van der Waals surface area contributed by atoms with E-state index in [-0.39, 0.29) is 17.1 Å². The number of rotatable bonds is 9. The highest BCUT2D eigenvalue weighted by Gasteiger charge is 2.28. The van der Waals surface area contributed by atoms with Crippen LogP contribution in [0.1, 0.15) is 16.7 Å². The minimum Gasteiger partial charge on any atom is -0.508 e. The van der Waals surface area contributed by atoms with Gasteiger partial charge in [-0.2, -0.15) is 0 Å². The van der Waals surface area contributed by atoms with Crippen molar-refractivity contribution >= 4 is 27.6 Å². The molecule has 0 saturated carbocycles. The SMILES string of the molecule is C=CCc1cc(N(C)C(=O)[C@H](Cc2ccccc2)NC(=O)NS(=O)(=O)c2ccccc2C)ccc1O. The van der Waals surface area contributed by atoms with Gasteiger partial charge in [0.2, 0.25) is 5.91 Å². The Hall–Kier alpha value is -4.11. The number of phenols is 1. The summed E-state index contributed by atoms with van der Waals surface area (Å²) < 4.78 is 27.5. The Morgan fingerprint density at radius 2 is 1.72 bits per heavy atom. The molecule has 36 heavy (non-hydrogen) atoms. The van der Waals surface area contributed by atoms with Crippen LogP contribution in [0.15, 0.2) is 90.3 Å². The molecule has 0 fully saturated rings. The van der Waals surface area contributed by atoms with Crippen molar-refractivity contribution < 1.29 is 23.1 Å². The number of aryl methyl sites for hydroxylation is 1. The van der Waals surface area contributed by atoms with Gasteiger partial charge in [-0.05, 0) is 54.3 Å². The smallest absolute Gasteiger partial charge is 0.329 e. The van der Waals surface area contributed by atoms with Crippen molar-refractivity contribution in [2.75, 3.05) is 11.9 Å². The number of allylic oxidation sites excluding steroid dienone is 1. The molecule has 3 rings (SSSR count). The van der Waals surface area contributed by atoms with Gasteiger partial charge in [-0.25, -0.2) is 17.9 Å². The topological polar surface area (TPSA) is 116 Å². The lowest BCUT2D eigenvalue weighted by molar-refractivity contribution is -0.120. The molecule has 3 amide bonds. The van der Waals surface area contributed by atoms with Gasteiger partial charge in [-0.1, -0.05) is 54.6 Å². The normalized spacial score (nSPS) is 11.8. The number of carbonyl (C=O) groups is 2. The minimum absolute atomic E-state index is 0.0259. The molecular weight excluding hydrogens is 478 g/mol. The van der Waals surface area contributed by atoms with Crippen LogP contribution in [0.3, 0.4) is 0 Å². The van der Waals surface area contributed by atoms with Crippen LogP contribution in [0, 0.1) is 6.92 Å². The maximum Gasteiger partial charge on any atom is 0.329 e. The van der Waals surface area contributed by atoms with Crippen molar-refractivity contribution in [1.29, 1.82) is 0 Å². The third kappa shape index (κ3) is 6.51. The number of likely N-dealkylation sites (N-methyl/N-ethyl adjacent to an activating group) is 1. The molecule has 188 valence electrons. The van der Waals surface area contributed by atoms with E-state index in [0.717, 1.165) is 5.56 Å². The number of aromatic hydroxyl groups is 1. The standard InChI is InChI=1S/C27H29N3O5S/c1-4-10-21-18-22(15-16-24(21)31)30(3)26(32)23(17-20-12-6-5-7-13-20)28-27(33)29-36(34,35)25-14-9-8-11-19(25)2/h4-9,11-16,18,23,31H,1,10,17H2,2-3H3,(H2,28,29,33)/t23-/m0/s1. The number of nitrogens with one attached hydrogen (secondary N) is 2. The first-order valence-electron chi connectivity index (χ1n) is 11.3. The predicted octanol–water partition coefficient (Wildman–Crippen LogP) is 3.69. The third-order valence-electron chi connectivity index (χ3n) is 5.64. The highest BCUT2D eigenvalue weighted by molar-refractivity contribution is 7.90. The molecule has 3 N–H and O–H groups in total. The molecule has 1 atom stereocenters. The fourth-order valence-corrected chi connectivity index (χ4v) is 4.90. The van der Waals surface area contributed by atoms with Crippen molar-refractivity contribution in [2.45, 2.75) is 30.7 Å². The van der Waals surface area contributed by atoms with E-state index in [9.17, 15) is 23.1 Å². The number of benzene rings is 3. The van der Waals surface area contributed by atoms with Gasteiger partial charge >= 0.3 is 6.03 Å². The molecule has 3 aromatic rings. The minimum atomic E-state index is -4.15. The van der Waals surface area contributed by atoms with Gasteiger partial charge < -0.3 is 15.3 Å². The van der Waals surface area contributed by atoms with Crippen LogP contribution in [0.25, 0.3) is 0 Å². The highest BCUT2D eigenvalue weighted by Crippen LogP contribution is 2.25. The van der Waals surface area contributed by atoms with Crippen LogP contribution in [0.2, 0.25) is 0 Å². The van der Waals surface area contributed by atoms with Crippen LogP contribution >= 0.6 is 0 Å². The molecule has 0 unspecified atom stereocenters. The lowest BCUT2D eigenvalue weighted by Gasteiger charge is -2.25. The lowest BCUT2D eigenvalue weighted by Crippen LogP contribution is -2.52. The van der Waals surface area contributed by atoms with Crippen LogP contribution in [-0.4, -0.2) is 38.6 Å². The molecule has 0 radical (unpaired) electrons. The molecule has 0 aliphatic heterocycles. The molecule has 0 aliphatic carbocycles. The summed E-state index contributed by atoms with van der Waals surface area (Å²) in [6, 6.07) is 18.0. The van der Waals surface area contributed by atoms with Crippen molar-refractivity contribution in [3.63, 3.8) is 0 Å². The van der Waals surface area contributed by atoms with Crippen molar-refractivity contribution in [3.8, 4) is 5.75 Å². The molecule has 8 nitrogen and oxygen atoms in total. The molecule has 9 heteroatoms. The summed E-state index contributed by atoms with van der Waals surface area (Å²) in [5.41, 5.74) is 2.36. The summed E-state index contributed by atoms with van der Waals surface area (Å²) in [6.45, 7) is 5.30. The zero-order chi connectivity index (χ0) is 26.3. The molecule has 0 saturated heterocycles. The fraction of sp³-hybridized carbons (Fsp3) is 0.185. The number of anilines is 1. The third-order valence-corrected chi connectivity index (χ3v) is 7.13. The largest absolute Gasteiger partial charge is 0.508 e. The van der Waals surface area contributed by atoms with Gasteiger partial charge in [0, 0.05) is 19.2 Å². The maximum atomic E-state index is 13.5. The number of amides is 3. The number of sulfonamides is 1. The second-order valence-electron chi connectivity index (χ2n) is 8.29. The Morgan fingerprint density at radius 3 is 2.39 bits per heavy atom. The number of carbonyl (C=O) groups excluding carboxylic acids is 2. The summed E-state index contributed by atoms with van der Waals surface area (Å²) >= 11 is 0. The van der Waals surface area contributed by atoms with Gasteiger partial charge in [-0.3, -0.25) is 4.79 Å². The van der Waals surface area contributed by atoms with E-state index >= 15 is 0 Å². The van der Waals surface area contributed by atoms with E-state index in [4.69, 9.17) is 0 Å². The quantitative estimate of drug-likeness (QED) is 0.382. The Labute approximate surface area is 211 Å². The van der Waals surface area contributed by atoms with Crippen LogP contribution < -0.4 is 14.9 Å². The zero-order valence-corrected chi connectivity index (χ0v) is 21.0. The summed E-state index contributed by atoms with van der Waals surface area (Å²) in [5.74, 6) is -0.378. The average Bonchev–Trinajstić information content (AvgIpc) is 2.84. The second-order valence-corrected chi connectivity index (χ2v) is 9.94. The summed E-state index contributed by atoms with van der Waals surface area (Å²) in [6.07, 6.45) is 2.19. The molecule has 0 aromatic heterocycles. The van der Waals surface area contributed by atoms with E-state index < -0.39 is 28.0 Å². The van der Waals surface area contributed by atoms with E-state index in [1.807, 2.05) is 35.1 Å². The predicted molar refractivity (Wildman–Crippen MR) is 139 cm³/mol. The Balaban J connectivity index is 1.85. The van der Waals surface area contributed by atoms with Crippen molar-refractivity contribution in [3.05, 3.63) is 102 Å². The summed E-state index contributed by atoms with van der Waals surface area (Å²) in [4.78, 5) is 27.6. The highest BCUT2D eigenvalue weighted by atomic mass is 32.2. The number of hydrogen-bond acceptors (Lipinski definition) is 5. The average molecular weight is 508 g/mol. The lowest BCUT2D eigenvalue weighted by atomic mass is 10.0. The Bertz CT molecular complexity index is 1360. The molecular formula is C27H29N3O5S. The summed E-state index contributed by atoms with van der Waals surface area (Å²) in [7, 11) is -2.60. The molecule has 0 bridgehead atoms. The number of urea groups is 1. The van der Waals surface area contributed by atoms with Crippen molar-refractivity contribution in [2.24, 2.45) is 0 Å².